The molecule has 0 aliphatic carbocycles. The van der Waals surface area contributed by atoms with Crippen LogP contribution in [0.1, 0.15) is 15.2 Å². The van der Waals surface area contributed by atoms with E-state index in [-0.39, 0.29) is 16.3 Å². The Morgan fingerprint density at radius 2 is 2.05 bits per heavy atom. The van der Waals surface area contributed by atoms with Crippen LogP contribution >= 0.6 is 11.3 Å². The number of aryl methyl sites for hydroxylation is 1. The molecule has 1 aromatic heterocycles. The van der Waals surface area contributed by atoms with Crippen molar-refractivity contribution in [1.29, 1.82) is 0 Å². The molecular formula is C11H16N2O5S2. The summed E-state index contributed by atoms with van der Waals surface area (Å²) in [5, 5.41) is 3.90. The zero-order chi connectivity index (χ0) is 15.5. The first-order valence-corrected chi connectivity index (χ1v) is 7.91. The number of hydrogen-bond acceptors (Lipinski definition) is 6. The van der Waals surface area contributed by atoms with Crippen LogP contribution in [0.5, 0.6) is 0 Å². The second-order valence-electron chi connectivity index (χ2n) is 4.00. The number of rotatable bonds is 5. The summed E-state index contributed by atoms with van der Waals surface area (Å²) in [5.74, 6) is -1.15. The number of hydrogen-bond donors (Lipinski definition) is 1. The lowest BCUT2D eigenvalue weighted by Gasteiger charge is -2.17. The van der Waals surface area contributed by atoms with E-state index < -0.39 is 21.9 Å². The molecule has 0 aliphatic heterocycles. The molecule has 1 N–H and O–H groups in total. The predicted octanol–water partition coefficient (Wildman–Crippen LogP) is 0.210. The Morgan fingerprint density at radius 3 is 2.55 bits per heavy atom. The van der Waals surface area contributed by atoms with Crippen LogP contribution in [-0.2, 0) is 19.6 Å². The van der Waals surface area contributed by atoms with Gasteiger partial charge in [0.15, 0.2) is 0 Å². The summed E-state index contributed by atoms with van der Waals surface area (Å²) < 4.78 is 30.4. The number of amides is 1. The van der Waals surface area contributed by atoms with Gasteiger partial charge in [0.1, 0.15) is 9.77 Å². The average molecular weight is 320 g/mol. The highest BCUT2D eigenvalue weighted by atomic mass is 32.2. The van der Waals surface area contributed by atoms with Crippen molar-refractivity contribution in [3.8, 4) is 0 Å². The van der Waals surface area contributed by atoms with Crippen molar-refractivity contribution in [2.24, 2.45) is 0 Å². The van der Waals surface area contributed by atoms with E-state index in [0.717, 1.165) is 15.6 Å². The first-order chi connectivity index (χ1) is 9.25. The maximum Gasteiger partial charge on any atom is 0.349 e. The van der Waals surface area contributed by atoms with Gasteiger partial charge in [-0.15, -0.1) is 11.3 Å². The molecule has 1 aromatic rings. The van der Waals surface area contributed by atoms with Crippen LogP contribution in [0.4, 0.5) is 0 Å². The molecule has 0 aliphatic rings. The molecule has 0 spiro atoms. The lowest BCUT2D eigenvalue weighted by molar-refractivity contribution is -0.120. The van der Waals surface area contributed by atoms with Crippen molar-refractivity contribution < 1.29 is 22.7 Å². The van der Waals surface area contributed by atoms with E-state index in [1.807, 2.05) is 0 Å². The van der Waals surface area contributed by atoms with Crippen molar-refractivity contribution >= 4 is 33.2 Å². The van der Waals surface area contributed by atoms with Gasteiger partial charge in [-0.25, -0.2) is 13.2 Å². The number of carbonyl (C=O) groups excluding carboxylic acids is 2. The minimum atomic E-state index is -3.94. The van der Waals surface area contributed by atoms with E-state index in [1.54, 1.807) is 12.3 Å². The third-order valence-corrected chi connectivity index (χ3v) is 5.80. The van der Waals surface area contributed by atoms with Gasteiger partial charge in [0.25, 0.3) is 0 Å². The fourth-order valence-electron chi connectivity index (χ4n) is 1.51. The zero-order valence-corrected chi connectivity index (χ0v) is 13.2. The first kappa shape index (κ1) is 16.6. The fourth-order valence-corrected chi connectivity index (χ4v) is 4.29. The largest absolute Gasteiger partial charge is 0.465 e. The predicted molar refractivity (Wildman–Crippen MR) is 74.3 cm³/mol. The van der Waals surface area contributed by atoms with E-state index >= 15 is 0 Å². The van der Waals surface area contributed by atoms with Crippen molar-refractivity contribution in [1.82, 2.24) is 9.62 Å². The molecule has 0 aromatic carbocycles. The topological polar surface area (TPSA) is 92.8 Å². The third kappa shape index (κ3) is 3.17. The number of esters is 1. The van der Waals surface area contributed by atoms with Gasteiger partial charge in [-0.1, -0.05) is 0 Å². The number of nitrogens with zero attached hydrogens (tertiary/aromatic N) is 1. The van der Waals surface area contributed by atoms with Gasteiger partial charge in [-0.05, 0) is 17.9 Å². The Morgan fingerprint density at radius 1 is 1.45 bits per heavy atom. The fraction of sp³-hybridized carbons (Fsp3) is 0.455. The Hall–Kier alpha value is -1.45. The number of ether oxygens (including phenoxy) is 1. The van der Waals surface area contributed by atoms with Crippen molar-refractivity contribution in [3.63, 3.8) is 0 Å². The Kier molecular flexibility index (Phi) is 5.26. The highest BCUT2D eigenvalue weighted by Gasteiger charge is 2.31. The summed E-state index contributed by atoms with van der Waals surface area (Å²) in [7, 11) is -0.0569. The van der Waals surface area contributed by atoms with E-state index in [1.165, 1.54) is 21.2 Å². The zero-order valence-electron chi connectivity index (χ0n) is 11.6. The summed E-state index contributed by atoms with van der Waals surface area (Å²) >= 11 is 0.997. The Balaban J connectivity index is 3.25. The minimum Gasteiger partial charge on any atom is -0.465 e. The average Bonchev–Trinajstić information content (AvgIpc) is 2.79. The van der Waals surface area contributed by atoms with E-state index in [4.69, 9.17) is 0 Å². The van der Waals surface area contributed by atoms with Crippen LogP contribution in [0.2, 0.25) is 0 Å². The third-order valence-electron chi connectivity index (χ3n) is 2.60. The van der Waals surface area contributed by atoms with Crippen LogP contribution in [0, 0.1) is 6.92 Å². The molecule has 112 valence electrons. The first-order valence-electron chi connectivity index (χ1n) is 5.59. The van der Waals surface area contributed by atoms with Gasteiger partial charge >= 0.3 is 5.97 Å². The second kappa shape index (κ2) is 6.33. The van der Waals surface area contributed by atoms with Crippen molar-refractivity contribution in [2.45, 2.75) is 11.8 Å². The van der Waals surface area contributed by atoms with Crippen LogP contribution < -0.4 is 5.32 Å². The highest BCUT2D eigenvalue weighted by molar-refractivity contribution is 7.89. The van der Waals surface area contributed by atoms with Crippen molar-refractivity contribution in [2.75, 3.05) is 27.7 Å². The number of nitrogens with one attached hydrogen (secondary N) is 1. The Bertz CT molecular complexity index is 621. The molecule has 1 amide bonds. The smallest absolute Gasteiger partial charge is 0.349 e. The summed E-state index contributed by atoms with van der Waals surface area (Å²) in [4.78, 5) is 22.8. The van der Waals surface area contributed by atoms with Gasteiger partial charge in [0, 0.05) is 14.1 Å². The second-order valence-corrected chi connectivity index (χ2v) is 6.86. The van der Waals surface area contributed by atoms with Gasteiger partial charge in [0.05, 0.1) is 13.7 Å². The number of likely N-dealkylation sites (N-methyl/N-ethyl adjacent to an activating group) is 2. The molecule has 0 atom stereocenters. The maximum atomic E-state index is 12.5. The monoisotopic (exact) mass is 320 g/mol. The van der Waals surface area contributed by atoms with E-state index in [0.29, 0.717) is 5.56 Å². The summed E-state index contributed by atoms with van der Waals surface area (Å²) in [5.41, 5.74) is 0.444. The van der Waals surface area contributed by atoms with Gasteiger partial charge in [0.2, 0.25) is 15.9 Å². The quantitative estimate of drug-likeness (QED) is 0.783. The molecule has 1 rings (SSSR count). The number of sulfonamides is 1. The Labute approximate surface area is 121 Å². The molecule has 0 fully saturated rings. The molecule has 0 unspecified atom stereocenters. The number of methoxy groups -OCH3 is 1. The molecule has 0 saturated carbocycles. The van der Waals surface area contributed by atoms with Crippen LogP contribution in [0.3, 0.4) is 0 Å². The molecule has 20 heavy (non-hydrogen) atoms. The van der Waals surface area contributed by atoms with Crippen LogP contribution in [0.15, 0.2) is 10.3 Å². The van der Waals surface area contributed by atoms with Gasteiger partial charge in [-0.2, -0.15) is 4.31 Å². The summed E-state index contributed by atoms with van der Waals surface area (Å²) in [6.07, 6.45) is 0. The SMILES string of the molecule is CNC(=O)CN(C)S(=O)(=O)c1c(C)csc1C(=O)OC. The summed E-state index contributed by atoms with van der Waals surface area (Å²) in [6, 6.07) is 0. The molecular weight excluding hydrogens is 304 g/mol. The van der Waals surface area contributed by atoms with Gasteiger partial charge in [-0.3, -0.25) is 4.79 Å². The van der Waals surface area contributed by atoms with Crippen LogP contribution in [0.25, 0.3) is 0 Å². The molecule has 0 saturated heterocycles. The van der Waals surface area contributed by atoms with Crippen LogP contribution in [-0.4, -0.2) is 52.3 Å². The lowest BCUT2D eigenvalue weighted by Crippen LogP contribution is -2.37. The molecule has 0 radical (unpaired) electrons. The molecule has 7 nitrogen and oxygen atoms in total. The van der Waals surface area contributed by atoms with E-state index in [2.05, 4.69) is 10.1 Å². The lowest BCUT2D eigenvalue weighted by atomic mass is 10.3. The normalized spacial score (nSPS) is 11.4. The summed E-state index contributed by atoms with van der Waals surface area (Å²) in [6.45, 7) is 1.26. The molecule has 9 heteroatoms. The number of thiophene rings is 1. The molecule has 0 bridgehead atoms. The number of carbonyl (C=O) groups is 2. The highest BCUT2D eigenvalue weighted by Crippen LogP contribution is 2.29. The molecule has 1 heterocycles. The van der Waals surface area contributed by atoms with Gasteiger partial charge < -0.3 is 10.1 Å². The maximum absolute atomic E-state index is 12.5. The standard InChI is InChI=1S/C11H16N2O5S2/c1-7-6-19-9(11(15)18-4)10(7)20(16,17)13(3)5-8(14)12-2/h6H,5H2,1-4H3,(H,12,14). The minimum absolute atomic E-state index is 0.00811. The van der Waals surface area contributed by atoms with E-state index in [9.17, 15) is 18.0 Å². The van der Waals surface area contributed by atoms with Crippen molar-refractivity contribution in [3.05, 3.63) is 15.8 Å².